The third kappa shape index (κ3) is 4.91. The smallest absolute Gasteiger partial charge is 0.0456 e. The van der Waals surface area contributed by atoms with Crippen LogP contribution in [0.2, 0.25) is 25.7 Å². The zero-order valence-electron chi connectivity index (χ0n) is 7.57. The Morgan fingerprint density at radius 2 is 2.09 bits per heavy atom. The Bertz CT molecular complexity index is 174. The van der Waals surface area contributed by atoms with Crippen molar-refractivity contribution in [2.75, 3.05) is 0 Å². The zero-order valence-corrected chi connectivity index (χ0v) is 12.2. The molecule has 2 heteroatoms. The van der Waals surface area contributed by atoms with Crippen LogP contribution in [-0.4, -0.2) is 8.07 Å². The van der Waals surface area contributed by atoms with E-state index in [1.807, 2.05) is 0 Å². The van der Waals surface area contributed by atoms with Crippen LogP contribution in [-0.2, 0) is 25.8 Å². The van der Waals surface area contributed by atoms with Gasteiger partial charge in [0.15, 0.2) is 0 Å². The van der Waals surface area contributed by atoms with E-state index in [0.717, 1.165) is 6.42 Å². The van der Waals surface area contributed by atoms with Crippen LogP contribution in [0.15, 0.2) is 17.7 Å². The van der Waals surface area contributed by atoms with Gasteiger partial charge in [-0.25, -0.2) is 11.6 Å². The van der Waals surface area contributed by atoms with Crippen LogP contribution in [0.5, 0.6) is 0 Å². The number of allylic oxidation sites excluding steroid dienone is 4. The predicted octanol–water partition coefficient (Wildman–Crippen LogP) is 3.01. The second-order valence-corrected chi connectivity index (χ2v) is 9.52. The average Bonchev–Trinajstić information content (AvgIpc) is 2.12. The zero-order chi connectivity index (χ0) is 7.61. The predicted molar refractivity (Wildman–Crippen MR) is 48.7 cm³/mol. The topological polar surface area (TPSA) is 0 Å². The van der Waals surface area contributed by atoms with Gasteiger partial charge in [-0.05, 0) is 0 Å². The van der Waals surface area contributed by atoms with E-state index in [0.29, 0.717) is 0 Å². The van der Waals surface area contributed by atoms with Crippen molar-refractivity contribution in [2.45, 2.75) is 32.1 Å². The fourth-order valence-electron chi connectivity index (χ4n) is 1.14. The van der Waals surface area contributed by atoms with Crippen molar-refractivity contribution in [3.63, 3.8) is 0 Å². The molecule has 0 saturated carbocycles. The van der Waals surface area contributed by atoms with Gasteiger partial charge in [0.25, 0.3) is 0 Å². The van der Waals surface area contributed by atoms with Gasteiger partial charge in [0.05, 0.1) is 0 Å². The van der Waals surface area contributed by atoms with Crippen molar-refractivity contribution in [3.05, 3.63) is 23.8 Å². The summed E-state index contributed by atoms with van der Waals surface area (Å²) >= 11 is 0. The SMILES string of the molecule is C[Si](C)(C)CC1=[C-]CC=C1.[Hf]. The Hall–Kier alpha value is 0.567. The van der Waals surface area contributed by atoms with Gasteiger partial charge < -0.3 is 0 Å². The maximum Gasteiger partial charge on any atom is 0.0456 e. The maximum atomic E-state index is 3.35. The quantitative estimate of drug-likeness (QED) is 0.539. The largest absolute Gasteiger partial charge is 0.270 e. The molecule has 0 nitrogen and oxygen atoms in total. The molecule has 0 aromatic carbocycles. The van der Waals surface area contributed by atoms with Crippen molar-refractivity contribution in [2.24, 2.45) is 0 Å². The van der Waals surface area contributed by atoms with Crippen LogP contribution in [0.1, 0.15) is 6.42 Å². The normalized spacial score (nSPS) is 16.1. The van der Waals surface area contributed by atoms with Crippen molar-refractivity contribution in [1.29, 1.82) is 0 Å². The van der Waals surface area contributed by atoms with Gasteiger partial charge in [0.2, 0.25) is 0 Å². The number of rotatable bonds is 2. The first-order chi connectivity index (χ1) is 4.58. The second-order valence-electron chi connectivity index (χ2n) is 4.05. The van der Waals surface area contributed by atoms with Crippen molar-refractivity contribution in [3.8, 4) is 0 Å². The summed E-state index contributed by atoms with van der Waals surface area (Å²) in [6, 6.07) is 1.30. The Morgan fingerprint density at radius 1 is 1.45 bits per heavy atom. The molecule has 0 bridgehead atoms. The minimum Gasteiger partial charge on any atom is -0.270 e. The number of hydrogen-bond donors (Lipinski definition) is 0. The van der Waals surface area contributed by atoms with Gasteiger partial charge in [-0.3, -0.25) is 6.08 Å². The van der Waals surface area contributed by atoms with E-state index in [9.17, 15) is 0 Å². The molecule has 60 valence electrons. The fourth-order valence-corrected chi connectivity index (χ4v) is 2.53. The first-order valence-corrected chi connectivity index (χ1v) is 7.55. The summed E-state index contributed by atoms with van der Waals surface area (Å²) in [6.07, 6.45) is 8.81. The Kier molecular flexibility index (Phi) is 4.79. The number of hydrogen-bond acceptors (Lipinski definition) is 0. The van der Waals surface area contributed by atoms with E-state index in [2.05, 4.69) is 37.9 Å². The van der Waals surface area contributed by atoms with Crippen molar-refractivity contribution >= 4 is 8.07 Å². The van der Waals surface area contributed by atoms with Crippen LogP contribution in [0.4, 0.5) is 0 Å². The molecule has 0 unspecified atom stereocenters. The first-order valence-electron chi connectivity index (χ1n) is 3.84. The van der Waals surface area contributed by atoms with Gasteiger partial charge in [-0.1, -0.05) is 25.7 Å². The van der Waals surface area contributed by atoms with Gasteiger partial charge in [-0.15, -0.1) is 6.42 Å². The van der Waals surface area contributed by atoms with Gasteiger partial charge in [0, 0.05) is 33.9 Å². The molecule has 0 amide bonds. The minimum absolute atomic E-state index is 0. The first kappa shape index (κ1) is 11.6. The van der Waals surface area contributed by atoms with Crippen molar-refractivity contribution in [1.82, 2.24) is 0 Å². The molecule has 1 aliphatic carbocycles. The molecule has 0 N–H and O–H groups in total. The fraction of sp³-hybridized carbons (Fsp3) is 0.556. The summed E-state index contributed by atoms with van der Waals surface area (Å²) in [6.45, 7) is 7.19. The summed E-state index contributed by atoms with van der Waals surface area (Å²) in [5.41, 5.74) is 1.44. The third-order valence-electron chi connectivity index (χ3n) is 1.49. The molecular weight excluding hydrogens is 315 g/mol. The van der Waals surface area contributed by atoms with Gasteiger partial charge >= 0.3 is 0 Å². The molecule has 1 aliphatic rings. The second kappa shape index (κ2) is 4.56. The Morgan fingerprint density at radius 3 is 2.45 bits per heavy atom. The summed E-state index contributed by atoms with van der Waals surface area (Å²) in [5, 5.41) is 0. The molecular formula is C9H15HfSi-. The summed E-state index contributed by atoms with van der Waals surface area (Å²) in [4.78, 5) is 0. The standard InChI is InChI=1S/C9H15Si.Hf/c1-10(2,3)8-9-6-4-5-7-9;/h4,6H,5,8H2,1-3H3;/q-1;. The van der Waals surface area contributed by atoms with E-state index in [1.54, 1.807) is 0 Å². The van der Waals surface area contributed by atoms with Gasteiger partial charge in [0.1, 0.15) is 0 Å². The van der Waals surface area contributed by atoms with Crippen LogP contribution in [0.25, 0.3) is 0 Å². The van der Waals surface area contributed by atoms with E-state index >= 15 is 0 Å². The third-order valence-corrected chi connectivity index (χ3v) is 2.93. The van der Waals surface area contributed by atoms with E-state index < -0.39 is 8.07 Å². The molecule has 0 atom stereocenters. The molecule has 0 saturated heterocycles. The van der Waals surface area contributed by atoms with Crippen LogP contribution in [0.3, 0.4) is 0 Å². The minimum atomic E-state index is -0.873. The molecule has 11 heavy (non-hydrogen) atoms. The van der Waals surface area contributed by atoms with Crippen molar-refractivity contribution < 1.29 is 25.8 Å². The van der Waals surface area contributed by atoms with Crippen LogP contribution >= 0.6 is 0 Å². The monoisotopic (exact) mass is 331 g/mol. The molecule has 0 aromatic heterocycles. The molecule has 0 spiro atoms. The summed E-state index contributed by atoms with van der Waals surface area (Å²) in [5.74, 6) is 0. The van der Waals surface area contributed by atoms with Crippen LogP contribution < -0.4 is 0 Å². The summed E-state index contributed by atoms with van der Waals surface area (Å²) < 4.78 is 0. The van der Waals surface area contributed by atoms with E-state index in [4.69, 9.17) is 0 Å². The Labute approximate surface area is 89.6 Å². The molecule has 0 heterocycles. The molecule has 0 fully saturated rings. The molecule has 1 rings (SSSR count). The Balaban J connectivity index is 0.000001000. The molecule has 0 aromatic rings. The van der Waals surface area contributed by atoms with E-state index in [1.165, 1.54) is 11.6 Å². The van der Waals surface area contributed by atoms with Crippen LogP contribution in [0, 0.1) is 6.08 Å². The van der Waals surface area contributed by atoms with E-state index in [-0.39, 0.29) is 25.8 Å². The molecule has 0 aliphatic heterocycles. The average molecular weight is 330 g/mol. The maximum absolute atomic E-state index is 3.35. The summed E-state index contributed by atoms with van der Waals surface area (Å²) in [7, 11) is -0.873. The molecule has 0 radical (unpaired) electrons. The van der Waals surface area contributed by atoms with Gasteiger partial charge in [-0.2, -0.15) is 6.08 Å².